The average Bonchev–Trinajstić information content (AvgIpc) is 2.20. The number of nitrogens with one attached hydrogen (secondary N) is 1. The third-order valence-electron chi connectivity index (χ3n) is 2.58. The van der Waals surface area contributed by atoms with Crippen LogP contribution in [0.25, 0.3) is 0 Å². The van der Waals surface area contributed by atoms with E-state index in [1.807, 2.05) is 18.2 Å². The van der Waals surface area contributed by atoms with Crippen LogP contribution in [-0.2, 0) is 0 Å². The second-order valence-electron chi connectivity index (χ2n) is 3.55. The predicted molar refractivity (Wildman–Crippen MR) is 52.4 cm³/mol. The van der Waals surface area contributed by atoms with Gasteiger partial charge in [-0.15, -0.1) is 0 Å². The molecule has 1 aromatic rings. The van der Waals surface area contributed by atoms with E-state index in [0.717, 1.165) is 19.4 Å². The van der Waals surface area contributed by atoms with Crippen molar-refractivity contribution >= 4 is 0 Å². The lowest BCUT2D eigenvalue weighted by Gasteiger charge is -2.29. The molecule has 0 radical (unpaired) electrons. The number of benzene rings is 1. The molecule has 2 heteroatoms. The number of rotatable bonds is 1. The van der Waals surface area contributed by atoms with Gasteiger partial charge in [0.15, 0.2) is 0 Å². The first-order valence-electron chi connectivity index (χ1n) is 4.84. The summed E-state index contributed by atoms with van der Waals surface area (Å²) in [5, 5.41) is 13.1. The van der Waals surface area contributed by atoms with Gasteiger partial charge in [0, 0.05) is 0 Å². The summed E-state index contributed by atoms with van der Waals surface area (Å²) >= 11 is 0. The van der Waals surface area contributed by atoms with Crippen molar-refractivity contribution in [1.82, 2.24) is 5.32 Å². The molecule has 1 heterocycles. The topological polar surface area (TPSA) is 32.3 Å². The highest BCUT2D eigenvalue weighted by Crippen LogP contribution is 2.22. The molecular weight excluding hydrogens is 162 g/mol. The summed E-state index contributed by atoms with van der Waals surface area (Å²) in [5.74, 6) is 0. The SMILES string of the molecule is O[C@H]1CCCN[C@@H]1c1ccccc1. The van der Waals surface area contributed by atoms with Gasteiger partial charge in [-0.1, -0.05) is 30.3 Å². The smallest absolute Gasteiger partial charge is 0.0735 e. The van der Waals surface area contributed by atoms with E-state index in [0.29, 0.717) is 0 Å². The zero-order chi connectivity index (χ0) is 9.10. The van der Waals surface area contributed by atoms with E-state index in [4.69, 9.17) is 0 Å². The second kappa shape index (κ2) is 3.90. The van der Waals surface area contributed by atoms with Gasteiger partial charge in [0.05, 0.1) is 12.1 Å². The molecule has 70 valence electrons. The van der Waals surface area contributed by atoms with Crippen LogP contribution in [-0.4, -0.2) is 17.8 Å². The Bertz CT molecular complexity index is 260. The third kappa shape index (κ3) is 1.90. The van der Waals surface area contributed by atoms with Gasteiger partial charge in [-0.3, -0.25) is 0 Å². The van der Waals surface area contributed by atoms with E-state index in [1.165, 1.54) is 5.56 Å². The van der Waals surface area contributed by atoms with Crippen LogP contribution in [0.4, 0.5) is 0 Å². The van der Waals surface area contributed by atoms with E-state index in [-0.39, 0.29) is 12.1 Å². The standard InChI is InChI=1S/C11H15NO/c13-10-7-4-8-12-11(10)9-5-2-1-3-6-9/h1-3,5-6,10-13H,4,7-8H2/t10-,11+/m0/s1. The Labute approximate surface area is 78.6 Å². The van der Waals surface area contributed by atoms with Crippen molar-refractivity contribution in [3.63, 3.8) is 0 Å². The minimum Gasteiger partial charge on any atom is -0.391 e. The number of aliphatic hydroxyl groups is 1. The summed E-state index contributed by atoms with van der Waals surface area (Å²) in [4.78, 5) is 0. The number of aliphatic hydroxyl groups excluding tert-OH is 1. The molecule has 0 amide bonds. The minimum absolute atomic E-state index is 0.134. The maximum atomic E-state index is 9.76. The minimum atomic E-state index is -0.226. The van der Waals surface area contributed by atoms with Crippen molar-refractivity contribution in [2.75, 3.05) is 6.54 Å². The lowest BCUT2D eigenvalue weighted by atomic mass is 9.95. The van der Waals surface area contributed by atoms with E-state index < -0.39 is 0 Å². The van der Waals surface area contributed by atoms with Crippen molar-refractivity contribution < 1.29 is 5.11 Å². The summed E-state index contributed by atoms with van der Waals surface area (Å²) in [5.41, 5.74) is 1.19. The van der Waals surface area contributed by atoms with E-state index in [9.17, 15) is 5.11 Å². The van der Waals surface area contributed by atoms with E-state index in [1.54, 1.807) is 0 Å². The van der Waals surface area contributed by atoms with Crippen molar-refractivity contribution in [1.29, 1.82) is 0 Å². The van der Waals surface area contributed by atoms with Gasteiger partial charge in [-0.05, 0) is 24.9 Å². The molecule has 1 saturated heterocycles. The molecule has 2 rings (SSSR count). The zero-order valence-corrected chi connectivity index (χ0v) is 7.61. The fourth-order valence-corrected chi connectivity index (χ4v) is 1.87. The van der Waals surface area contributed by atoms with Crippen LogP contribution in [0.3, 0.4) is 0 Å². The Morgan fingerprint density at radius 2 is 2.00 bits per heavy atom. The Morgan fingerprint density at radius 3 is 2.69 bits per heavy atom. The van der Waals surface area contributed by atoms with Crippen LogP contribution in [0, 0.1) is 0 Å². The molecule has 1 aliphatic rings. The van der Waals surface area contributed by atoms with Gasteiger partial charge in [0.2, 0.25) is 0 Å². The maximum Gasteiger partial charge on any atom is 0.0735 e. The Hall–Kier alpha value is -0.860. The fourth-order valence-electron chi connectivity index (χ4n) is 1.87. The number of hydrogen-bond donors (Lipinski definition) is 2. The van der Waals surface area contributed by atoms with Crippen LogP contribution in [0.1, 0.15) is 24.4 Å². The highest BCUT2D eigenvalue weighted by molar-refractivity contribution is 5.20. The summed E-state index contributed by atoms with van der Waals surface area (Å²) < 4.78 is 0. The van der Waals surface area contributed by atoms with Crippen LogP contribution in [0.2, 0.25) is 0 Å². The molecule has 0 bridgehead atoms. The molecule has 0 unspecified atom stereocenters. The monoisotopic (exact) mass is 177 g/mol. The molecule has 0 aromatic heterocycles. The van der Waals surface area contributed by atoms with Crippen molar-refractivity contribution in [3.05, 3.63) is 35.9 Å². The first kappa shape index (κ1) is 8.73. The summed E-state index contributed by atoms with van der Waals surface area (Å²) in [6.45, 7) is 1.01. The van der Waals surface area contributed by atoms with Gasteiger partial charge in [0.1, 0.15) is 0 Å². The van der Waals surface area contributed by atoms with Crippen LogP contribution < -0.4 is 5.32 Å². The van der Waals surface area contributed by atoms with E-state index >= 15 is 0 Å². The predicted octanol–water partition coefficient (Wildman–Crippen LogP) is 1.47. The van der Waals surface area contributed by atoms with Crippen LogP contribution in [0.15, 0.2) is 30.3 Å². The molecule has 0 saturated carbocycles. The average molecular weight is 177 g/mol. The lowest BCUT2D eigenvalue weighted by Crippen LogP contribution is -2.37. The van der Waals surface area contributed by atoms with Gasteiger partial charge in [-0.25, -0.2) is 0 Å². The van der Waals surface area contributed by atoms with Crippen molar-refractivity contribution in [2.24, 2.45) is 0 Å². The molecule has 2 N–H and O–H groups in total. The van der Waals surface area contributed by atoms with Crippen molar-refractivity contribution in [2.45, 2.75) is 25.0 Å². The number of piperidine rings is 1. The second-order valence-corrected chi connectivity index (χ2v) is 3.55. The zero-order valence-electron chi connectivity index (χ0n) is 7.61. The molecular formula is C11H15NO. The quantitative estimate of drug-likeness (QED) is 0.681. The highest BCUT2D eigenvalue weighted by atomic mass is 16.3. The first-order valence-corrected chi connectivity index (χ1v) is 4.84. The normalized spacial score (nSPS) is 28.7. The summed E-state index contributed by atoms with van der Waals surface area (Å²) in [6.07, 6.45) is 1.76. The van der Waals surface area contributed by atoms with Gasteiger partial charge >= 0.3 is 0 Å². The molecule has 2 atom stereocenters. The largest absolute Gasteiger partial charge is 0.391 e. The first-order chi connectivity index (χ1) is 6.38. The summed E-state index contributed by atoms with van der Waals surface area (Å²) in [6, 6.07) is 10.3. The maximum absolute atomic E-state index is 9.76. The Morgan fingerprint density at radius 1 is 1.23 bits per heavy atom. The fraction of sp³-hybridized carbons (Fsp3) is 0.455. The highest BCUT2D eigenvalue weighted by Gasteiger charge is 2.23. The molecule has 0 spiro atoms. The van der Waals surface area contributed by atoms with Gasteiger partial charge < -0.3 is 10.4 Å². The van der Waals surface area contributed by atoms with E-state index in [2.05, 4.69) is 17.4 Å². The molecule has 2 nitrogen and oxygen atoms in total. The molecule has 13 heavy (non-hydrogen) atoms. The van der Waals surface area contributed by atoms with Crippen LogP contribution >= 0.6 is 0 Å². The molecule has 0 aliphatic carbocycles. The van der Waals surface area contributed by atoms with Gasteiger partial charge in [-0.2, -0.15) is 0 Å². The Balaban J connectivity index is 2.15. The van der Waals surface area contributed by atoms with Crippen LogP contribution in [0.5, 0.6) is 0 Å². The Kier molecular flexibility index (Phi) is 2.62. The lowest BCUT2D eigenvalue weighted by molar-refractivity contribution is 0.0965. The third-order valence-corrected chi connectivity index (χ3v) is 2.58. The van der Waals surface area contributed by atoms with Gasteiger partial charge in [0.25, 0.3) is 0 Å². The molecule has 1 aliphatic heterocycles. The van der Waals surface area contributed by atoms with Crippen molar-refractivity contribution in [3.8, 4) is 0 Å². The molecule has 1 fully saturated rings. The number of hydrogen-bond acceptors (Lipinski definition) is 2. The summed E-state index contributed by atoms with van der Waals surface area (Å²) in [7, 11) is 0. The molecule has 1 aromatic carbocycles.